The Hall–Kier alpha value is -5.18. The first kappa shape index (κ1) is 37.3. The zero-order chi connectivity index (χ0) is 34.1. The van der Waals surface area contributed by atoms with Gasteiger partial charge >= 0.3 is 11.9 Å². The zero-order valence-electron chi connectivity index (χ0n) is 27.3. The second-order valence-corrected chi connectivity index (χ2v) is 10.4. The molecule has 48 heavy (non-hydrogen) atoms. The van der Waals surface area contributed by atoms with E-state index in [-0.39, 0.29) is 6.79 Å². The summed E-state index contributed by atoms with van der Waals surface area (Å²) in [5.74, 6) is 2.19. The van der Waals surface area contributed by atoms with Gasteiger partial charge in [-0.25, -0.2) is 9.59 Å². The van der Waals surface area contributed by atoms with E-state index in [0.717, 1.165) is 63.2 Å². The Labute approximate surface area is 282 Å². The van der Waals surface area contributed by atoms with Crippen molar-refractivity contribution in [1.29, 1.82) is 0 Å². The Bertz CT molecular complexity index is 1390. The topological polar surface area (TPSA) is 108 Å². The van der Waals surface area contributed by atoms with Gasteiger partial charge in [0.1, 0.15) is 28.7 Å². The highest BCUT2D eigenvalue weighted by atomic mass is 17.2. The van der Waals surface area contributed by atoms with Crippen LogP contribution in [0.1, 0.15) is 61.7 Å². The molecule has 0 saturated heterocycles. The van der Waals surface area contributed by atoms with Crippen molar-refractivity contribution in [3.8, 4) is 28.7 Å². The van der Waals surface area contributed by atoms with E-state index in [4.69, 9.17) is 38.2 Å². The van der Waals surface area contributed by atoms with Crippen LogP contribution in [0.3, 0.4) is 0 Å². The third-order valence-electron chi connectivity index (χ3n) is 6.71. The van der Waals surface area contributed by atoms with Gasteiger partial charge in [0.2, 0.25) is 6.79 Å². The molecule has 3 aromatic carbocycles. The first-order valence-electron chi connectivity index (χ1n) is 16.0. The summed E-state index contributed by atoms with van der Waals surface area (Å²) in [6.45, 7) is 8.88. The van der Waals surface area contributed by atoms with Gasteiger partial charge < -0.3 is 33.3 Å². The Morgan fingerprint density at radius 1 is 0.583 bits per heavy atom. The van der Waals surface area contributed by atoms with Crippen LogP contribution in [-0.4, -0.2) is 45.2 Å². The minimum absolute atomic E-state index is 0.0135. The van der Waals surface area contributed by atoms with Crippen LogP contribution in [0, 0.1) is 0 Å². The SMILES string of the molecule is C=C=COOCCCCCCOc1ccc(OCOc2ccc(OC(=O)c3ccc(OCCCCCCOC(=O)C=C)cc3)cc2)cc1. The van der Waals surface area contributed by atoms with Gasteiger partial charge in [-0.15, -0.1) is 0 Å². The molecule has 0 atom stereocenters. The van der Waals surface area contributed by atoms with Crippen molar-refractivity contribution in [3.63, 3.8) is 0 Å². The highest BCUT2D eigenvalue weighted by molar-refractivity contribution is 5.91. The highest BCUT2D eigenvalue weighted by Gasteiger charge is 2.09. The molecule has 0 aliphatic heterocycles. The van der Waals surface area contributed by atoms with Crippen molar-refractivity contribution in [1.82, 2.24) is 0 Å². The lowest BCUT2D eigenvalue weighted by molar-refractivity contribution is -0.248. The number of rotatable bonds is 25. The van der Waals surface area contributed by atoms with E-state index in [0.29, 0.717) is 55.0 Å². The average molecular weight is 661 g/mol. The molecule has 3 rings (SSSR count). The zero-order valence-corrected chi connectivity index (χ0v) is 27.3. The summed E-state index contributed by atoms with van der Waals surface area (Å²) < 4.78 is 33.3. The Morgan fingerprint density at radius 3 is 1.56 bits per heavy atom. The predicted octanol–water partition coefficient (Wildman–Crippen LogP) is 8.18. The number of hydrogen-bond donors (Lipinski definition) is 0. The third kappa shape index (κ3) is 15.9. The van der Waals surface area contributed by atoms with Crippen LogP contribution < -0.4 is 23.7 Å². The quantitative estimate of drug-likeness (QED) is 0.0102. The molecule has 0 saturated carbocycles. The smallest absolute Gasteiger partial charge is 0.343 e. The number of esters is 2. The standard InChI is InChI=1S/C38H44O10/c1-3-25-46-47-29-12-8-7-10-27-42-33-17-19-34(20-18-33)44-30-45-35-21-23-36(24-22-35)48-38(40)31-13-15-32(16-14-31)41-26-9-5-6-11-28-43-37(39)4-2/h4,13-25H,1-2,5-12,26-30H2. The normalized spacial score (nSPS) is 10.2. The molecule has 0 radical (unpaired) electrons. The van der Waals surface area contributed by atoms with E-state index >= 15 is 0 Å². The molecule has 0 bridgehead atoms. The molecule has 0 aliphatic carbocycles. The molecule has 0 unspecified atom stereocenters. The van der Waals surface area contributed by atoms with Gasteiger partial charge in [-0.1, -0.05) is 25.3 Å². The molecule has 3 aromatic rings. The molecular weight excluding hydrogens is 616 g/mol. The summed E-state index contributed by atoms with van der Waals surface area (Å²) in [4.78, 5) is 33.2. The minimum atomic E-state index is -0.475. The molecule has 10 nitrogen and oxygen atoms in total. The lowest BCUT2D eigenvalue weighted by atomic mass is 10.2. The first-order valence-corrected chi connectivity index (χ1v) is 16.0. The number of benzene rings is 3. The van der Waals surface area contributed by atoms with E-state index in [1.807, 2.05) is 24.3 Å². The largest absolute Gasteiger partial charge is 0.494 e. The maximum Gasteiger partial charge on any atom is 0.343 e. The van der Waals surface area contributed by atoms with Crippen molar-refractivity contribution in [2.45, 2.75) is 51.4 Å². The predicted molar refractivity (Wildman–Crippen MR) is 180 cm³/mol. The maximum atomic E-state index is 12.6. The molecule has 0 N–H and O–H groups in total. The number of unbranched alkanes of at least 4 members (excludes halogenated alkanes) is 6. The molecule has 0 spiro atoms. The summed E-state index contributed by atoms with van der Waals surface area (Å²) in [6.07, 6.45) is 9.94. The summed E-state index contributed by atoms with van der Waals surface area (Å²) in [5, 5.41) is 0. The third-order valence-corrected chi connectivity index (χ3v) is 6.71. The van der Waals surface area contributed by atoms with Crippen molar-refractivity contribution < 1.29 is 47.8 Å². The fourth-order valence-corrected chi connectivity index (χ4v) is 4.16. The average Bonchev–Trinajstić information content (AvgIpc) is 3.11. The van der Waals surface area contributed by atoms with E-state index in [1.165, 1.54) is 6.26 Å². The van der Waals surface area contributed by atoms with Crippen LogP contribution >= 0.6 is 0 Å². The summed E-state index contributed by atoms with van der Waals surface area (Å²) in [7, 11) is 0. The van der Waals surface area contributed by atoms with E-state index in [2.05, 4.69) is 18.9 Å². The molecule has 0 amide bonds. The monoisotopic (exact) mass is 660 g/mol. The van der Waals surface area contributed by atoms with Gasteiger partial charge in [0, 0.05) is 6.08 Å². The number of ether oxygens (including phenoxy) is 6. The summed E-state index contributed by atoms with van der Waals surface area (Å²) >= 11 is 0. The van der Waals surface area contributed by atoms with Gasteiger partial charge in [0.05, 0.1) is 32.0 Å². The van der Waals surface area contributed by atoms with Crippen molar-refractivity contribution in [3.05, 3.63) is 110 Å². The van der Waals surface area contributed by atoms with Crippen molar-refractivity contribution in [2.75, 3.05) is 33.2 Å². The van der Waals surface area contributed by atoms with Crippen molar-refractivity contribution in [2.24, 2.45) is 0 Å². The first-order chi connectivity index (χ1) is 23.6. The second-order valence-electron chi connectivity index (χ2n) is 10.4. The molecule has 0 fully saturated rings. The second kappa shape index (κ2) is 23.2. The van der Waals surface area contributed by atoms with Crippen LogP contribution in [0.15, 0.2) is 104 Å². The van der Waals surface area contributed by atoms with E-state index in [1.54, 1.807) is 48.5 Å². The van der Waals surface area contributed by atoms with Crippen LogP contribution in [0.5, 0.6) is 28.7 Å². The number of carbonyl (C=O) groups excluding carboxylic acids is 2. The lowest BCUT2D eigenvalue weighted by Gasteiger charge is -2.11. The molecule has 0 aliphatic rings. The van der Waals surface area contributed by atoms with Crippen LogP contribution in [-0.2, 0) is 19.3 Å². The highest BCUT2D eigenvalue weighted by Crippen LogP contribution is 2.22. The summed E-state index contributed by atoms with van der Waals surface area (Å²) in [6, 6.07) is 20.9. The van der Waals surface area contributed by atoms with Gasteiger partial charge in [-0.3, -0.25) is 0 Å². The Balaban J connectivity index is 1.25. The Morgan fingerprint density at radius 2 is 1.04 bits per heavy atom. The molecular formula is C38H44O10. The molecule has 256 valence electrons. The van der Waals surface area contributed by atoms with Crippen LogP contribution in [0.2, 0.25) is 0 Å². The fourth-order valence-electron chi connectivity index (χ4n) is 4.16. The van der Waals surface area contributed by atoms with Gasteiger partial charge in [0.15, 0.2) is 6.26 Å². The fraction of sp³-hybridized carbons (Fsp3) is 0.342. The molecule has 10 heteroatoms. The van der Waals surface area contributed by atoms with E-state index < -0.39 is 11.9 Å². The van der Waals surface area contributed by atoms with Crippen molar-refractivity contribution >= 4 is 11.9 Å². The van der Waals surface area contributed by atoms with Gasteiger partial charge in [-0.2, -0.15) is 4.89 Å². The van der Waals surface area contributed by atoms with Gasteiger partial charge in [0.25, 0.3) is 0 Å². The van der Waals surface area contributed by atoms with Gasteiger partial charge in [-0.05, 0) is 118 Å². The Kier molecular flexibility index (Phi) is 18.0. The maximum absolute atomic E-state index is 12.6. The molecule has 0 aromatic heterocycles. The van der Waals surface area contributed by atoms with E-state index in [9.17, 15) is 9.59 Å². The molecule has 0 heterocycles. The summed E-state index contributed by atoms with van der Waals surface area (Å²) in [5.41, 5.74) is 2.88. The minimum Gasteiger partial charge on any atom is -0.494 e. The van der Waals surface area contributed by atoms with Crippen LogP contribution in [0.25, 0.3) is 0 Å². The lowest BCUT2D eigenvalue weighted by Crippen LogP contribution is -2.09. The number of carbonyl (C=O) groups is 2. The number of hydrogen-bond acceptors (Lipinski definition) is 10. The van der Waals surface area contributed by atoms with Crippen LogP contribution in [0.4, 0.5) is 0 Å².